The van der Waals surface area contributed by atoms with E-state index in [9.17, 15) is 4.79 Å². The van der Waals surface area contributed by atoms with Gasteiger partial charge in [0.1, 0.15) is 0 Å². The second-order valence-electron chi connectivity index (χ2n) is 4.06. The number of amides is 1. The van der Waals surface area contributed by atoms with Gasteiger partial charge in [-0.15, -0.1) is 0 Å². The van der Waals surface area contributed by atoms with Gasteiger partial charge in [0, 0.05) is 25.9 Å². The standard InChI is InChI=1S/C14H22N2O2/c1-3-12-7-4-5-8-13(12)16-11-14(17)15-9-6-10-18-2/h4-5,7-8,16H,3,6,9-11H2,1-2H3,(H,15,17). The van der Waals surface area contributed by atoms with E-state index in [1.54, 1.807) is 7.11 Å². The maximum absolute atomic E-state index is 11.6. The van der Waals surface area contributed by atoms with E-state index in [-0.39, 0.29) is 5.91 Å². The monoisotopic (exact) mass is 250 g/mol. The van der Waals surface area contributed by atoms with E-state index >= 15 is 0 Å². The lowest BCUT2D eigenvalue weighted by atomic mass is 10.1. The van der Waals surface area contributed by atoms with Crippen LogP contribution in [0, 0.1) is 0 Å². The van der Waals surface area contributed by atoms with Crippen LogP contribution in [0.15, 0.2) is 24.3 Å². The number of hydrogen-bond donors (Lipinski definition) is 2. The van der Waals surface area contributed by atoms with Crippen molar-refractivity contribution in [2.24, 2.45) is 0 Å². The maximum Gasteiger partial charge on any atom is 0.239 e. The van der Waals surface area contributed by atoms with Gasteiger partial charge < -0.3 is 15.4 Å². The van der Waals surface area contributed by atoms with Gasteiger partial charge in [-0.2, -0.15) is 0 Å². The average Bonchev–Trinajstić information content (AvgIpc) is 2.41. The number of carbonyl (C=O) groups is 1. The van der Waals surface area contributed by atoms with Gasteiger partial charge in [-0.05, 0) is 24.5 Å². The van der Waals surface area contributed by atoms with E-state index in [4.69, 9.17) is 4.74 Å². The Labute approximate surface area is 109 Å². The van der Waals surface area contributed by atoms with Crippen molar-refractivity contribution >= 4 is 11.6 Å². The Morgan fingerprint density at radius 2 is 2.11 bits per heavy atom. The predicted molar refractivity (Wildman–Crippen MR) is 73.8 cm³/mol. The van der Waals surface area contributed by atoms with Gasteiger partial charge in [-0.25, -0.2) is 0 Å². The Kier molecular flexibility index (Phi) is 6.87. The molecule has 1 aromatic rings. The van der Waals surface area contributed by atoms with Crippen molar-refractivity contribution in [1.82, 2.24) is 5.32 Å². The molecule has 0 saturated carbocycles. The third-order valence-electron chi connectivity index (χ3n) is 2.69. The number of carbonyl (C=O) groups excluding carboxylic acids is 1. The summed E-state index contributed by atoms with van der Waals surface area (Å²) in [6, 6.07) is 8.04. The molecule has 0 aliphatic heterocycles. The second kappa shape index (κ2) is 8.53. The normalized spacial score (nSPS) is 10.1. The first-order chi connectivity index (χ1) is 8.77. The van der Waals surface area contributed by atoms with Crippen LogP contribution in [0.2, 0.25) is 0 Å². The molecule has 2 N–H and O–H groups in total. The van der Waals surface area contributed by atoms with Crippen LogP contribution in [-0.2, 0) is 16.0 Å². The average molecular weight is 250 g/mol. The summed E-state index contributed by atoms with van der Waals surface area (Å²) in [5.74, 6) is 0.0111. The Balaban J connectivity index is 2.29. The van der Waals surface area contributed by atoms with Gasteiger partial charge in [0.15, 0.2) is 0 Å². The second-order valence-corrected chi connectivity index (χ2v) is 4.06. The molecular formula is C14H22N2O2. The molecule has 4 heteroatoms. The minimum atomic E-state index is 0.0111. The summed E-state index contributed by atoms with van der Waals surface area (Å²) in [5, 5.41) is 6.01. The molecule has 0 fully saturated rings. The molecule has 0 spiro atoms. The zero-order valence-corrected chi connectivity index (χ0v) is 11.2. The Bertz CT molecular complexity index is 367. The molecule has 0 aromatic heterocycles. The number of rotatable bonds is 8. The fourth-order valence-corrected chi connectivity index (χ4v) is 1.68. The first kappa shape index (κ1) is 14.5. The molecule has 1 aromatic carbocycles. The summed E-state index contributed by atoms with van der Waals surface area (Å²) in [6.07, 6.45) is 1.80. The minimum Gasteiger partial charge on any atom is -0.385 e. The van der Waals surface area contributed by atoms with Crippen LogP contribution in [0.3, 0.4) is 0 Å². The summed E-state index contributed by atoms with van der Waals surface area (Å²) in [5.41, 5.74) is 2.26. The maximum atomic E-state index is 11.6. The number of nitrogens with one attached hydrogen (secondary N) is 2. The fraction of sp³-hybridized carbons (Fsp3) is 0.500. The molecule has 0 saturated heterocycles. The topological polar surface area (TPSA) is 50.4 Å². The molecule has 0 aliphatic carbocycles. The highest BCUT2D eigenvalue weighted by Gasteiger charge is 2.02. The Morgan fingerprint density at radius 3 is 2.83 bits per heavy atom. The van der Waals surface area contributed by atoms with Crippen molar-refractivity contribution in [3.63, 3.8) is 0 Å². The molecule has 0 unspecified atom stereocenters. The van der Waals surface area contributed by atoms with Crippen LogP contribution in [0.25, 0.3) is 0 Å². The number of anilines is 1. The SMILES string of the molecule is CCc1ccccc1NCC(=O)NCCCOC. The summed E-state index contributed by atoms with van der Waals surface area (Å²) < 4.78 is 4.92. The zero-order chi connectivity index (χ0) is 13.2. The molecule has 100 valence electrons. The molecule has 1 rings (SSSR count). The molecule has 1 amide bonds. The molecule has 0 atom stereocenters. The van der Waals surface area contributed by atoms with Crippen molar-refractivity contribution in [2.45, 2.75) is 19.8 Å². The Hall–Kier alpha value is -1.55. The minimum absolute atomic E-state index is 0.0111. The lowest BCUT2D eigenvalue weighted by Gasteiger charge is -2.10. The van der Waals surface area contributed by atoms with Crippen LogP contribution in [0.4, 0.5) is 5.69 Å². The molecule has 4 nitrogen and oxygen atoms in total. The van der Waals surface area contributed by atoms with Gasteiger partial charge in [0.2, 0.25) is 5.91 Å². The van der Waals surface area contributed by atoms with Gasteiger partial charge in [0.05, 0.1) is 6.54 Å². The number of para-hydroxylation sites is 1. The Morgan fingerprint density at radius 1 is 1.33 bits per heavy atom. The van der Waals surface area contributed by atoms with E-state index in [1.165, 1.54) is 5.56 Å². The lowest BCUT2D eigenvalue weighted by Crippen LogP contribution is -2.31. The molecule has 0 radical (unpaired) electrons. The van der Waals surface area contributed by atoms with Crippen molar-refractivity contribution in [1.29, 1.82) is 0 Å². The van der Waals surface area contributed by atoms with Gasteiger partial charge in [0.25, 0.3) is 0 Å². The van der Waals surface area contributed by atoms with E-state index in [0.29, 0.717) is 19.7 Å². The van der Waals surface area contributed by atoms with Crippen molar-refractivity contribution < 1.29 is 9.53 Å². The molecule has 0 aliphatic rings. The van der Waals surface area contributed by atoms with Crippen LogP contribution < -0.4 is 10.6 Å². The van der Waals surface area contributed by atoms with Crippen LogP contribution in [0.5, 0.6) is 0 Å². The van der Waals surface area contributed by atoms with E-state index in [1.807, 2.05) is 18.2 Å². The quantitative estimate of drug-likeness (QED) is 0.692. The zero-order valence-electron chi connectivity index (χ0n) is 11.2. The van der Waals surface area contributed by atoms with Crippen LogP contribution in [-0.4, -0.2) is 32.7 Å². The number of hydrogen-bond acceptors (Lipinski definition) is 3. The van der Waals surface area contributed by atoms with E-state index in [0.717, 1.165) is 18.5 Å². The van der Waals surface area contributed by atoms with E-state index in [2.05, 4.69) is 23.6 Å². The highest BCUT2D eigenvalue weighted by atomic mass is 16.5. The number of methoxy groups -OCH3 is 1. The van der Waals surface area contributed by atoms with Gasteiger partial charge >= 0.3 is 0 Å². The number of aryl methyl sites for hydroxylation is 1. The first-order valence-corrected chi connectivity index (χ1v) is 6.35. The van der Waals surface area contributed by atoms with Gasteiger partial charge in [-0.1, -0.05) is 25.1 Å². The predicted octanol–water partition coefficient (Wildman–Crippen LogP) is 1.81. The number of benzene rings is 1. The molecule has 0 heterocycles. The van der Waals surface area contributed by atoms with Crippen molar-refractivity contribution in [3.8, 4) is 0 Å². The lowest BCUT2D eigenvalue weighted by molar-refractivity contribution is -0.119. The fourth-order valence-electron chi connectivity index (χ4n) is 1.68. The van der Waals surface area contributed by atoms with Gasteiger partial charge in [-0.3, -0.25) is 4.79 Å². The third kappa shape index (κ3) is 5.19. The molecule has 18 heavy (non-hydrogen) atoms. The largest absolute Gasteiger partial charge is 0.385 e. The number of ether oxygens (including phenoxy) is 1. The summed E-state index contributed by atoms with van der Waals surface area (Å²) >= 11 is 0. The molecule has 0 bridgehead atoms. The first-order valence-electron chi connectivity index (χ1n) is 6.35. The van der Waals surface area contributed by atoms with Crippen LogP contribution in [0.1, 0.15) is 18.9 Å². The van der Waals surface area contributed by atoms with Crippen molar-refractivity contribution in [3.05, 3.63) is 29.8 Å². The summed E-state index contributed by atoms with van der Waals surface area (Å²) in [7, 11) is 1.66. The van der Waals surface area contributed by atoms with Crippen molar-refractivity contribution in [2.75, 3.05) is 32.1 Å². The smallest absolute Gasteiger partial charge is 0.239 e. The highest BCUT2D eigenvalue weighted by Crippen LogP contribution is 2.14. The molecular weight excluding hydrogens is 228 g/mol. The highest BCUT2D eigenvalue weighted by molar-refractivity contribution is 5.80. The van der Waals surface area contributed by atoms with Crippen LogP contribution >= 0.6 is 0 Å². The third-order valence-corrected chi connectivity index (χ3v) is 2.69. The summed E-state index contributed by atoms with van der Waals surface area (Å²) in [4.78, 5) is 11.6. The summed E-state index contributed by atoms with van der Waals surface area (Å²) in [6.45, 7) is 3.74. The van der Waals surface area contributed by atoms with E-state index < -0.39 is 0 Å².